The number of amides is 1. The Morgan fingerprint density at radius 3 is 2.33 bits per heavy atom. The number of phenolic OH excluding ortho intramolecular Hbond substituents is 1. The summed E-state index contributed by atoms with van der Waals surface area (Å²) in [5.41, 5.74) is 1.39. The van der Waals surface area contributed by atoms with Gasteiger partial charge in [-0.15, -0.1) is 0 Å². The molecule has 1 amide bonds. The van der Waals surface area contributed by atoms with E-state index < -0.39 is 0 Å². The van der Waals surface area contributed by atoms with Crippen molar-refractivity contribution >= 4 is 21.8 Å². The lowest BCUT2D eigenvalue weighted by Gasteiger charge is -2.27. The van der Waals surface area contributed by atoms with Gasteiger partial charge in [0.25, 0.3) is 5.91 Å². The smallest absolute Gasteiger partial charge is 0.254 e. The highest BCUT2D eigenvalue weighted by Gasteiger charge is 2.20. The summed E-state index contributed by atoms with van der Waals surface area (Å²) in [5.74, 6) is 0.174. The first-order chi connectivity index (χ1) is 9.99. The van der Waals surface area contributed by atoms with Gasteiger partial charge in [-0.1, -0.05) is 34.1 Å². The van der Waals surface area contributed by atoms with Crippen LogP contribution in [-0.2, 0) is 6.54 Å². The molecule has 110 valence electrons. The predicted octanol–water partition coefficient (Wildman–Crippen LogP) is 4.21. The molecule has 1 N–H and O–H groups in total. The van der Waals surface area contributed by atoms with Gasteiger partial charge in [0.2, 0.25) is 0 Å². The van der Waals surface area contributed by atoms with Gasteiger partial charge in [-0.05, 0) is 44.2 Å². The lowest BCUT2D eigenvalue weighted by atomic mass is 10.1. The standard InChI is InChI=1S/C17H18BrNO2/c1-12(2)19(11-14-5-3-4-6-16(14)20)17(21)13-7-9-15(18)10-8-13/h3-10,12,20H,11H2,1-2H3. The SMILES string of the molecule is CC(C)N(Cc1ccccc1O)C(=O)c1ccc(Br)cc1. The van der Waals surface area contributed by atoms with Crippen molar-refractivity contribution in [1.82, 2.24) is 4.90 Å². The quantitative estimate of drug-likeness (QED) is 0.899. The van der Waals surface area contributed by atoms with Crippen molar-refractivity contribution in [2.24, 2.45) is 0 Å². The molecule has 0 spiro atoms. The Hall–Kier alpha value is -1.81. The van der Waals surface area contributed by atoms with Crippen molar-refractivity contribution in [3.63, 3.8) is 0 Å². The Balaban J connectivity index is 2.25. The number of para-hydroxylation sites is 1. The number of aromatic hydroxyl groups is 1. The number of rotatable bonds is 4. The fourth-order valence-corrected chi connectivity index (χ4v) is 2.34. The molecule has 0 saturated heterocycles. The molecule has 0 atom stereocenters. The number of hydrogen-bond donors (Lipinski definition) is 1. The molecule has 4 heteroatoms. The minimum atomic E-state index is -0.0410. The third kappa shape index (κ3) is 3.85. The van der Waals surface area contributed by atoms with Crippen molar-refractivity contribution in [3.05, 3.63) is 64.1 Å². The molecule has 0 fully saturated rings. The molecular weight excluding hydrogens is 330 g/mol. The summed E-state index contributed by atoms with van der Waals surface area (Å²) in [4.78, 5) is 14.4. The van der Waals surface area contributed by atoms with Crippen molar-refractivity contribution in [2.45, 2.75) is 26.4 Å². The van der Waals surface area contributed by atoms with E-state index >= 15 is 0 Å². The largest absolute Gasteiger partial charge is 0.508 e. The van der Waals surface area contributed by atoms with E-state index in [4.69, 9.17) is 0 Å². The molecule has 0 radical (unpaired) electrons. The molecule has 0 aliphatic heterocycles. The molecule has 2 aromatic rings. The third-order valence-electron chi connectivity index (χ3n) is 3.31. The Morgan fingerprint density at radius 1 is 1.14 bits per heavy atom. The van der Waals surface area contributed by atoms with Crippen molar-refractivity contribution in [2.75, 3.05) is 0 Å². The second-order valence-electron chi connectivity index (χ2n) is 5.16. The van der Waals surface area contributed by atoms with E-state index in [0.717, 1.165) is 10.0 Å². The van der Waals surface area contributed by atoms with Gasteiger partial charge in [-0.2, -0.15) is 0 Å². The van der Waals surface area contributed by atoms with Gasteiger partial charge in [0, 0.05) is 28.2 Å². The second kappa shape index (κ2) is 6.76. The van der Waals surface area contributed by atoms with Crippen LogP contribution in [0.4, 0.5) is 0 Å². The van der Waals surface area contributed by atoms with Crippen molar-refractivity contribution < 1.29 is 9.90 Å². The van der Waals surface area contributed by atoms with Crippen LogP contribution in [0.15, 0.2) is 53.0 Å². The second-order valence-corrected chi connectivity index (χ2v) is 6.08. The van der Waals surface area contributed by atoms with E-state index in [-0.39, 0.29) is 17.7 Å². The van der Waals surface area contributed by atoms with Crippen LogP contribution < -0.4 is 0 Å². The first kappa shape index (κ1) is 15.6. The number of carbonyl (C=O) groups excluding carboxylic acids is 1. The molecule has 0 aliphatic rings. The maximum absolute atomic E-state index is 12.6. The van der Waals surface area contributed by atoms with Crippen LogP contribution >= 0.6 is 15.9 Å². The zero-order valence-corrected chi connectivity index (χ0v) is 13.7. The molecule has 0 heterocycles. The van der Waals surface area contributed by atoms with Crippen LogP contribution in [-0.4, -0.2) is 22.0 Å². The van der Waals surface area contributed by atoms with Gasteiger partial charge in [0.1, 0.15) is 5.75 Å². The molecule has 0 saturated carbocycles. The predicted molar refractivity (Wildman–Crippen MR) is 87.3 cm³/mol. The summed E-state index contributed by atoms with van der Waals surface area (Å²) in [7, 11) is 0. The van der Waals surface area contributed by atoms with Gasteiger partial charge in [0.15, 0.2) is 0 Å². The number of benzene rings is 2. The first-order valence-electron chi connectivity index (χ1n) is 6.82. The van der Waals surface area contributed by atoms with Crippen molar-refractivity contribution in [1.29, 1.82) is 0 Å². The summed E-state index contributed by atoms with van der Waals surface area (Å²) in [6, 6.07) is 14.4. The molecular formula is C17H18BrNO2. The number of carbonyl (C=O) groups is 1. The summed E-state index contributed by atoms with van der Waals surface area (Å²) >= 11 is 3.37. The van der Waals surface area contributed by atoms with Crippen molar-refractivity contribution in [3.8, 4) is 5.75 Å². The number of halogens is 1. The number of phenols is 1. The van der Waals surface area contributed by atoms with Crippen LogP contribution in [0.3, 0.4) is 0 Å². The van der Waals surface area contributed by atoms with Gasteiger partial charge < -0.3 is 10.0 Å². The zero-order valence-electron chi connectivity index (χ0n) is 12.1. The Morgan fingerprint density at radius 2 is 1.76 bits per heavy atom. The third-order valence-corrected chi connectivity index (χ3v) is 3.84. The highest BCUT2D eigenvalue weighted by Crippen LogP contribution is 2.21. The fraction of sp³-hybridized carbons (Fsp3) is 0.235. The fourth-order valence-electron chi connectivity index (χ4n) is 2.08. The van der Waals surface area contributed by atoms with E-state index in [1.807, 2.05) is 38.1 Å². The van der Waals surface area contributed by atoms with E-state index in [0.29, 0.717) is 12.1 Å². The topological polar surface area (TPSA) is 40.5 Å². The van der Waals surface area contributed by atoms with Crippen LogP contribution in [0.2, 0.25) is 0 Å². The van der Waals surface area contributed by atoms with Gasteiger partial charge in [-0.25, -0.2) is 0 Å². The maximum atomic E-state index is 12.6. The summed E-state index contributed by atoms with van der Waals surface area (Å²) in [6.45, 7) is 4.33. The van der Waals surface area contributed by atoms with E-state index in [1.165, 1.54) is 0 Å². The molecule has 0 bridgehead atoms. The first-order valence-corrected chi connectivity index (χ1v) is 7.61. The molecule has 0 aliphatic carbocycles. The Labute approximate surface area is 133 Å². The van der Waals surface area contributed by atoms with Gasteiger partial charge in [-0.3, -0.25) is 4.79 Å². The summed E-state index contributed by atoms with van der Waals surface area (Å²) in [5, 5.41) is 9.89. The lowest BCUT2D eigenvalue weighted by Crippen LogP contribution is -2.36. The zero-order chi connectivity index (χ0) is 15.4. The molecule has 2 rings (SSSR count). The van der Waals surface area contributed by atoms with Crippen LogP contribution in [0.25, 0.3) is 0 Å². The molecule has 0 aromatic heterocycles. The molecule has 0 unspecified atom stereocenters. The Kier molecular flexibility index (Phi) is 5.02. The maximum Gasteiger partial charge on any atom is 0.254 e. The average molecular weight is 348 g/mol. The highest BCUT2D eigenvalue weighted by atomic mass is 79.9. The summed E-state index contributed by atoms with van der Waals surface area (Å²) in [6.07, 6.45) is 0. The monoisotopic (exact) mass is 347 g/mol. The van der Waals surface area contributed by atoms with Gasteiger partial charge in [0.05, 0.1) is 0 Å². The minimum absolute atomic E-state index is 0.0410. The number of hydrogen-bond acceptors (Lipinski definition) is 2. The normalized spacial score (nSPS) is 10.7. The Bertz CT molecular complexity index is 623. The van der Waals surface area contributed by atoms with Gasteiger partial charge >= 0.3 is 0 Å². The molecule has 2 aromatic carbocycles. The van der Waals surface area contributed by atoms with Crippen LogP contribution in [0.1, 0.15) is 29.8 Å². The minimum Gasteiger partial charge on any atom is -0.508 e. The van der Waals surface area contributed by atoms with Crippen LogP contribution in [0.5, 0.6) is 5.75 Å². The highest BCUT2D eigenvalue weighted by molar-refractivity contribution is 9.10. The van der Waals surface area contributed by atoms with E-state index in [2.05, 4.69) is 15.9 Å². The number of nitrogens with zero attached hydrogens (tertiary/aromatic N) is 1. The van der Waals surface area contributed by atoms with Crippen LogP contribution in [0, 0.1) is 0 Å². The average Bonchev–Trinajstić information content (AvgIpc) is 2.46. The molecule has 3 nitrogen and oxygen atoms in total. The lowest BCUT2D eigenvalue weighted by molar-refractivity contribution is 0.0689. The van der Waals surface area contributed by atoms with E-state index in [9.17, 15) is 9.90 Å². The summed E-state index contributed by atoms with van der Waals surface area (Å²) < 4.78 is 0.941. The van der Waals surface area contributed by atoms with E-state index in [1.54, 1.807) is 29.2 Å². The molecule has 21 heavy (non-hydrogen) atoms.